The zero-order valence-corrected chi connectivity index (χ0v) is 19.7. The molecule has 0 saturated heterocycles. The highest BCUT2D eigenvalue weighted by Crippen LogP contribution is 2.25. The molecule has 3 aromatic heterocycles. The van der Waals surface area contributed by atoms with Gasteiger partial charge in [0.2, 0.25) is 0 Å². The Kier molecular flexibility index (Phi) is 5.49. The van der Waals surface area contributed by atoms with E-state index in [1.807, 2.05) is 74.0 Å². The minimum Gasteiger partial charge on any atom is -0.485 e. The van der Waals surface area contributed by atoms with Crippen molar-refractivity contribution in [2.45, 2.75) is 34.3 Å². The summed E-state index contributed by atoms with van der Waals surface area (Å²) in [7, 11) is 0. The smallest absolute Gasteiger partial charge is 0.267 e. The molecule has 0 unspecified atom stereocenters. The summed E-state index contributed by atoms with van der Waals surface area (Å²) in [6.45, 7) is 8.33. The Bertz CT molecular complexity index is 1580. The van der Waals surface area contributed by atoms with Crippen LogP contribution in [-0.4, -0.2) is 19.2 Å². The Morgan fingerprint density at radius 3 is 2.53 bits per heavy atom. The first-order chi connectivity index (χ1) is 16.4. The molecule has 0 fully saturated rings. The van der Waals surface area contributed by atoms with Gasteiger partial charge in [0.1, 0.15) is 12.3 Å². The summed E-state index contributed by atoms with van der Waals surface area (Å²) < 4.78 is 9.48. The second kappa shape index (κ2) is 8.63. The van der Waals surface area contributed by atoms with E-state index < -0.39 is 0 Å². The van der Waals surface area contributed by atoms with Crippen molar-refractivity contribution in [3.05, 3.63) is 111 Å². The molecule has 0 atom stereocenters. The fourth-order valence-electron chi connectivity index (χ4n) is 4.26. The zero-order valence-electron chi connectivity index (χ0n) is 19.7. The number of ether oxygens (including phenoxy) is 1. The Balaban J connectivity index is 1.56. The number of aryl methyl sites for hydroxylation is 4. The van der Waals surface area contributed by atoms with Gasteiger partial charge >= 0.3 is 0 Å². The Morgan fingerprint density at radius 2 is 1.74 bits per heavy atom. The summed E-state index contributed by atoms with van der Waals surface area (Å²) in [6, 6.07) is 21.8. The van der Waals surface area contributed by atoms with Crippen LogP contribution < -0.4 is 10.3 Å². The average Bonchev–Trinajstić information content (AvgIpc) is 3.19. The molecule has 3 heterocycles. The van der Waals surface area contributed by atoms with Gasteiger partial charge in [0.05, 0.1) is 16.9 Å². The summed E-state index contributed by atoms with van der Waals surface area (Å²) in [4.78, 5) is 18.3. The topological polar surface area (TPSA) is 61.4 Å². The van der Waals surface area contributed by atoms with Gasteiger partial charge in [0.15, 0.2) is 11.4 Å². The van der Waals surface area contributed by atoms with Gasteiger partial charge in [0.25, 0.3) is 5.56 Å². The van der Waals surface area contributed by atoms with Gasteiger partial charge in [-0.15, -0.1) is 0 Å². The van der Waals surface area contributed by atoms with Crippen LogP contribution in [0.15, 0.2) is 77.7 Å². The van der Waals surface area contributed by atoms with E-state index in [1.165, 1.54) is 9.96 Å². The molecule has 0 aliphatic carbocycles. The molecule has 0 spiro atoms. The lowest BCUT2D eigenvalue weighted by atomic mass is 10.1. The molecular weight excluding hydrogens is 424 g/mol. The van der Waals surface area contributed by atoms with E-state index >= 15 is 0 Å². The highest BCUT2D eigenvalue weighted by atomic mass is 16.5. The number of nitrogens with zero attached hydrogens (tertiary/aromatic N) is 4. The quantitative estimate of drug-likeness (QED) is 0.362. The van der Waals surface area contributed by atoms with Crippen molar-refractivity contribution in [3.63, 3.8) is 0 Å². The van der Waals surface area contributed by atoms with E-state index in [2.05, 4.69) is 19.1 Å². The fraction of sp³-hybridized carbons (Fsp3) is 0.179. The predicted molar refractivity (Wildman–Crippen MR) is 134 cm³/mol. The number of aromatic nitrogens is 4. The number of benzene rings is 2. The van der Waals surface area contributed by atoms with E-state index in [4.69, 9.17) is 14.8 Å². The molecule has 6 heteroatoms. The molecule has 0 saturated carbocycles. The number of fused-ring (bicyclic) bond motifs is 1. The van der Waals surface area contributed by atoms with E-state index in [0.29, 0.717) is 35.0 Å². The fourth-order valence-corrected chi connectivity index (χ4v) is 4.26. The molecular formula is C28H26N4O2. The normalized spacial score (nSPS) is 11.2. The zero-order chi connectivity index (χ0) is 23.8. The number of rotatable bonds is 5. The van der Waals surface area contributed by atoms with Crippen molar-refractivity contribution < 1.29 is 4.74 Å². The van der Waals surface area contributed by atoms with E-state index in [0.717, 1.165) is 22.5 Å². The summed E-state index contributed by atoms with van der Waals surface area (Å²) in [6.07, 6.45) is 1.72. The first kappa shape index (κ1) is 21.6. The van der Waals surface area contributed by atoms with Crippen LogP contribution >= 0.6 is 0 Å². The molecule has 0 aliphatic rings. The van der Waals surface area contributed by atoms with Crippen molar-refractivity contribution in [2.24, 2.45) is 0 Å². The molecule has 0 N–H and O–H groups in total. The van der Waals surface area contributed by atoms with Gasteiger partial charge in [-0.2, -0.15) is 5.10 Å². The van der Waals surface area contributed by atoms with Crippen LogP contribution in [0.5, 0.6) is 5.75 Å². The number of hydrogen-bond acceptors (Lipinski definition) is 4. The van der Waals surface area contributed by atoms with Gasteiger partial charge in [-0.1, -0.05) is 48.0 Å². The van der Waals surface area contributed by atoms with E-state index in [-0.39, 0.29) is 5.56 Å². The first-order valence-corrected chi connectivity index (χ1v) is 11.3. The van der Waals surface area contributed by atoms with Crippen LogP contribution in [0.4, 0.5) is 0 Å². The Labute approximate surface area is 198 Å². The largest absolute Gasteiger partial charge is 0.485 e. The third-order valence-electron chi connectivity index (χ3n) is 5.96. The maximum atomic E-state index is 13.6. The molecule has 170 valence electrons. The molecule has 0 radical (unpaired) electrons. The summed E-state index contributed by atoms with van der Waals surface area (Å²) in [5.41, 5.74) is 7.33. The predicted octanol–water partition coefficient (Wildman–Crippen LogP) is 5.36. The lowest BCUT2D eigenvalue weighted by Crippen LogP contribution is -2.19. The lowest BCUT2D eigenvalue weighted by molar-refractivity contribution is 0.307. The summed E-state index contributed by atoms with van der Waals surface area (Å²) >= 11 is 0. The van der Waals surface area contributed by atoms with E-state index in [9.17, 15) is 4.79 Å². The highest BCUT2D eigenvalue weighted by molar-refractivity contribution is 5.66. The summed E-state index contributed by atoms with van der Waals surface area (Å²) in [5.74, 6) is 0.567. The van der Waals surface area contributed by atoms with Gasteiger partial charge in [-0.25, -0.2) is 9.67 Å². The number of hydrogen-bond donors (Lipinski definition) is 0. The molecule has 0 bridgehead atoms. The minimum atomic E-state index is -0.169. The van der Waals surface area contributed by atoms with Crippen molar-refractivity contribution in [1.82, 2.24) is 19.2 Å². The third kappa shape index (κ3) is 3.88. The first-order valence-electron chi connectivity index (χ1n) is 11.3. The van der Waals surface area contributed by atoms with Crippen LogP contribution in [0.2, 0.25) is 0 Å². The molecule has 0 amide bonds. The molecule has 6 nitrogen and oxygen atoms in total. The van der Waals surface area contributed by atoms with Crippen molar-refractivity contribution in [1.29, 1.82) is 0 Å². The lowest BCUT2D eigenvalue weighted by Gasteiger charge is -2.12. The summed E-state index contributed by atoms with van der Waals surface area (Å²) in [5, 5.41) is 4.78. The monoisotopic (exact) mass is 450 g/mol. The van der Waals surface area contributed by atoms with Gasteiger partial charge in [0, 0.05) is 11.9 Å². The maximum Gasteiger partial charge on any atom is 0.267 e. The Morgan fingerprint density at radius 1 is 0.912 bits per heavy atom. The molecule has 0 aliphatic heterocycles. The van der Waals surface area contributed by atoms with Gasteiger partial charge < -0.3 is 4.74 Å². The molecule has 5 aromatic rings. The standard InChI is InChI=1S/C28H26N4O2/c1-18-9-7-11-22(15-18)17-34-25-13-8-14-31-27(25)29-21(4)26(28(31)33)23-16-20(3)32(30-23)24-12-6-5-10-19(24)2/h5-16H,17H2,1-4H3. The van der Waals surface area contributed by atoms with E-state index in [1.54, 1.807) is 12.3 Å². The van der Waals surface area contributed by atoms with Gasteiger partial charge in [-0.3, -0.25) is 9.20 Å². The van der Waals surface area contributed by atoms with Crippen molar-refractivity contribution >= 4 is 5.65 Å². The van der Waals surface area contributed by atoms with Crippen molar-refractivity contribution in [3.8, 4) is 22.7 Å². The number of para-hydroxylation sites is 1. The second-order valence-electron chi connectivity index (χ2n) is 8.59. The van der Waals surface area contributed by atoms with Crippen LogP contribution in [0.1, 0.15) is 28.1 Å². The molecule has 34 heavy (non-hydrogen) atoms. The average molecular weight is 451 g/mol. The van der Waals surface area contributed by atoms with Gasteiger partial charge in [-0.05, 0) is 63.1 Å². The van der Waals surface area contributed by atoms with Crippen LogP contribution in [0.25, 0.3) is 22.6 Å². The number of pyridine rings is 1. The molecule has 5 rings (SSSR count). The van der Waals surface area contributed by atoms with Crippen LogP contribution in [0.3, 0.4) is 0 Å². The minimum absolute atomic E-state index is 0.169. The van der Waals surface area contributed by atoms with Crippen molar-refractivity contribution in [2.75, 3.05) is 0 Å². The van der Waals surface area contributed by atoms with Crippen LogP contribution in [-0.2, 0) is 6.61 Å². The van der Waals surface area contributed by atoms with Crippen LogP contribution in [0, 0.1) is 27.7 Å². The highest BCUT2D eigenvalue weighted by Gasteiger charge is 2.18. The second-order valence-corrected chi connectivity index (χ2v) is 8.59. The third-order valence-corrected chi connectivity index (χ3v) is 5.96. The Hall–Kier alpha value is -4.19. The maximum absolute atomic E-state index is 13.6. The SMILES string of the molecule is Cc1cccc(COc2cccn3c(=O)c(-c4cc(C)n(-c5ccccc5C)n4)c(C)nc23)c1. The molecule has 2 aromatic carbocycles.